The van der Waals surface area contributed by atoms with E-state index in [1.165, 1.54) is 12.1 Å². The zero-order valence-electron chi connectivity index (χ0n) is 11.7. The summed E-state index contributed by atoms with van der Waals surface area (Å²) in [7, 11) is 0. The first kappa shape index (κ1) is 13.8. The molecule has 0 bridgehead atoms. The molecule has 1 aromatic carbocycles. The molecule has 3 rings (SSSR count). The molecule has 0 spiro atoms. The summed E-state index contributed by atoms with van der Waals surface area (Å²) in [6.45, 7) is 0.801. The van der Waals surface area contributed by atoms with Crippen LogP contribution in [0.15, 0.2) is 42.7 Å². The molecule has 5 nitrogen and oxygen atoms in total. The Labute approximate surface area is 123 Å². The lowest BCUT2D eigenvalue weighted by Crippen LogP contribution is -2.01. The first-order valence-corrected chi connectivity index (χ1v) is 7.20. The van der Waals surface area contributed by atoms with Crippen molar-refractivity contribution in [3.05, 3.63) is 64.0 Å². The molecule has 1 heterocycles. The number of non-ortho nitro benzene ring substituents is 1. The van der Waals surface area contributed by atoms with Crippen LogP contribution in [-0.2, 0) is 13.0 Å². The average Bonchev–Trinajstić information content (AvgIpc) is 3.23. The summed E-state index contributed by atoms with van der Waals surface area (Å²) in [6, 6.07) is 8.63. The SMILES string of the molecule is O=[N+]([O-])c1ccc(CCn2ccc(C(O)C3CC3)c2)cc1. The summed E-state index contributed by atoms with van der Waals surface area (Å²) in [5.74, 6) is 0.440. The molecule has 1 aromatic heterocycles. The molecular formula is C16H18N2O3. The number of nitro groups is 1. The Bertz CT molecular complexity index is 629. The van der Waals surface area contributed by atoms with Crippen LogP contribution in [-0.4, -0.2) is 14.6 Å². The molecule has 0 amide bonds. The molecule has 1 N–H and O–H groups in total. The smallest absolute Gasteiger partial charge is 0.269 e. The van der Waals surface area contributed by atoms with Crippen molar-refractivity contribution in [3.63, 3.8) is 0 Å². The van der Waals surface area contributed by atoms with Crippen molar-refractivity contribution >= 4 is 5.69 Å². The van der Waals surface area contributed by atoms with Gasteiger partial charge in [-0.1, -0.05) is 12.1 Å². The average molecular weight is 286 g/mol. The van der Waals surface area contributed by atoms with Crippen molar-refractivity contribution in [1.29, 1.82) is 0 Å². The molecule has 1 aliphatic rings. The number of hydrogen-bond donors (Lipinski definition) is 1. The summed E-state index contributed by atoms with van der Waals surface area (Å²) in [5.41, 5.74) is 2.18. The normalized spacial score (nSPS) is 15.9. The highest BCUT2D eigenvalue weighted by Crippen LogP contribution is 2.40. The van der Waals surface area contributed by atoms with Crippen LogP contribution in [0.5, 0.6) is 0 Å². The third-order valence-electron chi connectivity index (χ3n) is 3.99. The highest BCUT2D eigenvalue weighted by atomic mass is 16.6. The van der Waals surface area contributed by atoms with Crippen molar-refractivity contribution in [3.8, 4) is 0 Å². The molecule has 1 saturated carbocycles. The molecule has 1 unspecified atom stereocenters. The molecule has 2 aromatic rings. The monoisotopic (exact) mass is 286 g/mol. The molecule has 1 fully saturated rings. The largest absolute Gasteiger partial charge is 0.388 e. The van der Waals surface area contributed by atoms with Crippen LogP contribution >= 0.6 is 0 Å². The van der Waals surface area contributed by atoms with E-state index in [-0.39, 0.29) is 16.7 Å². The quantitative estimate of drug-likeness (QED) is 0.655. The number of aliphatic hydroxyl groups excluding tert-OH is 1. The molecule has 0 aliphatic heterocycles. The van der Waals surface area contributed by atoms with E-state index in [2.05, 4.69) is 4.57 Å². The van der Waals surface area contributed by atoms with Gasteiger partial charge in [0.25, 0.3) is 5.69 Å². The van der Waals surface area contributed by atoms with Crippen molar-refractivity contribution in [2.45, 2.75) is 31.9 Å². The number of hydrogen-bond acceptors (Lipinski definition) is 3. The van der Waals surface area contributed by atoms with E-state index in [9.17, 15) is 15.2 Å². The Kier molecular flexibility index (Phi) is 3.75. The Hall–Kier alpha value is -2.14. The van der Waals surface area contributed by atoms with Crippen molar-refractivity contribution in [2.75, 3.05) is 0 Å². The summed E-state index contributed by atoms with van der Waals surface area (Å²) in [6.07, 6.45) is 6.70. The van der Waals surface area contributed by atoms with Gasteiger partial charge in [-0.3, -0.25) is 10.1 Å². The predicted octanol–water partition coefficient (Wildman–Crippen LogP) is 3.08. The van der Waals surface area contributed by atoms with E-state index >= 15 is 0 Å². The van der Waals surface area contributed by atoms with Gasteiger partial charge in [0, 0.05) is 31.1 Å². The van der Waals surface area contributed by atoms with Crippen LogP contribution in [0, 0.1) is 16.0 Å². The number of benzene rings is 1. The van der Waals surface area contributed by atoms with Gasteiger partial charge in [-0.15, -0.1) is 0 Å². The van der Waals surface area contributed by atoms with Crippen molar-refractivity contribution < 1.29 is 10.0 Å². The highest BCUT2D eigenvalue weighted by Gasteiger charge is 2.31. The molecule has 0 radical (unpaired) electrons. The second-order valence-corrected chi connectivity index (χ2v) is 5.64. The number of rotatable bonds is 6. The van der Waals surface area contributed by atoms with Crippen LogP contribution in [0.25, 0.3) is 0 Å². The third kappa shape index (κ3) is 3.31. The fraction of sp³-hybridized carbons (Fsp3) is 0.375. The van der Waals surface area contributed by atoms with E-state index in [1.54, 1.807) is 12.1 Å². The number of nitro benzene ring substituents is 1. The van der Waals surface area contributed by atoms with Crippen LogP contribution in [0.1, 0.15) is 30.1 Å². The van der Waals surface area contributed by atoms with E-state index in [0.717, 1.165) is 36.9 Å². The highest BCUT2D eigenvalue weighted by molar-refractivity contribution is 5.32. The maximum Gasteiger partial charge on any atom is 0.269 e. The molecule has 1 aliphatic carbocycles. The van der Waals surface area contributed by atoms with Crippen LogP contribution in [0.3, 0.4) is 0 Å². The summed E-state index contributed by atoms with van der Waals surface area (Å²) in [4.78, 5) is 10.2. The molecule has 0 saturated heterocycles. The van der Waals surface area contributed by atoms with Gasteiger partial charge in [-0.2, -0.15) is 0 Å². The van der Waals surface area contributed by atoms with Gasteiger partial charge in [-0.25, -0.2) is 0 Å². The van der Waals surface area contributed by atoms with E-state index < -0.39 is 0 Å². The Morgan fingerprint density at radius 3 is 2.62 bits per heavy atom. The lowest BCUT2D eigenvalue weighted by Gasteiger charge is -2.06. The Balaban J connectivity index is 1.58. The van der Waals surface area contributed by atoms with E-state index in [0.29, 0.717) is 5.92 Å². The van der Waals surface area contributed by atoms with Gasteiger partial charge in [0.1, 0.15) is 0 Å². The predicted molar refractivity (Wildman–Crippen MR) is 78.9 cm³/mol. The first-order chi connectivity index (χ1) is 10.1. The van der Waals surface area contributed by atoms with Crippen molar-refractivity contribution in [2.24, 2.45) is 5.92 Å². The van der Waals surface area contributed by atoms with Crippen LogP contribution in [0.2, 0.25) is 0 Å². The van der Waals surface area contributed by atoms with Gasteiger partial charge < -0.3 is 9.67 Å². The second kappa shape index (κ2) is 5.69. The summed E-state index contributed by atoms with van der Waals surface area (Å²) in [5, 5.41) is 20.7. The zero-order chi connectivity index (χ0) is 14.8. The van der Waals surface area contributed by atoms with Gasteiger partial charge in [0.2, 0.25) is 0 Å². The first-order valence-electron chi connectivity index (χ1n) is 7.20. The fourth-order valence-electron chi connectivity index (χ4n) is 2.50. The van der Waals surface area contributed by atoms with Crippen molar-refractivity contribution in [1.82, 2.24) is 4.57 Å². The molecular weight excluding hydrogens is 268 g/mol. The minimum absolute atomic E-state index is 0.120. The van der Waals surface area contributed by atoms with Crippen LogP contribution < -0.4 is 0 Å². The molecule has 5 heteroatoms. The number of aryl methyl sites for hydroxylation is 2. The lowest BCUT2D eigenvalue weighted by atomic mass is 10.1. The van der Waals surface area contributed by atoms with E-state index in [1.807, 2.05) is 18.5 Å². The molecule has 1 atom stereocenters. The number of nitrogens with zero attached hydrogens (tertiary/aromatic N) is 2. The summed E-state index contributed by atoms with van der Waals surface area (Å²) >= 11 is 0. The van der Waals surface area contributed by atoms with E-state index in [4.69, 9.17) is 0 Å². The van der Waals surface area contributed by atoms with Gasteiger partial charge >= 0.3 is 0 Å². The topological polar surface area (TPSA) is 68.3 Å². The zero-order valence-corrected chi connectivity index (χ0v) is 11.7. The number of aromatic nitrogens is 1. The van der Waals surface area contributed by atoms with Crippen LogP contribution in [0.4, 0.5) is 5.69 Å². The number of aliphatic hydroxyl groups is 1. The third-order valence-corrected chi connectivity index (χ3v) is 3.99. The fourth-order valence-corrected chi connectivity index (χ4v) is 2.50. The van der Waals surface area contributed by atoms with Gasteiger partial charge in [-0.05, 0) is 42.4 Å². The summed E-state index contributed by atoms with van der Waals surface area (Å²) < 4.78 is 2.06. The maximum absolute atomic E-state index is 10.6. The van der Waals surface area contributed by atoms with Gasteiger partial charge in [0.15, 0.2) is 0 Å². The lowest BCUT2D eigenvalue weighted by molar-refractivity contribution is -0.384. The molecule has 110 valence electrons. The minimum atomic E-state index is -0.388. The standard InChI is InChI=1S/C16H18N2O3/c19-16(13-3-4-13)14-8-10-17(11-14)9-7-12-1-5-15(6-2-12)18(20)21/h1-2,5-6,8,10-11,13,16,19H,3-4,7,9H2. The second-order valence-electron chi connectivity index (χ2n) is 5.64. The maximum atomic E-state index is 10.6. The molecule has 21 heavy (non-hydrogen) atoms. The minimum Gasteiger partial charge on any atom is -0.388 e. The Morgan fingerprint density at radius 1 is 1.29 bits per heavy atom. The Morgan fingerprint density at radius 2 is 2.00 bits per heavy atom. The van der Waals surface area contributed by atoms with Gasteiger partial charge in [0.05, 0.1) is 11.0 Å².